The van der Waals surface area contributed by atoms with E-state index in [9.17, 15) is 14.4 Å². The van der Waals surface area contributed by atoms with Gasteiger partial charge in [0.25, 0.3) is 5.91 Å². The quantitative estimate of drug-likeness (QED) is 0.844. The molecule has 3 rings (SSSR count). The molecule has 0 unspecified atom stereocenters. The summed E-state index contributed by atoms with van der Waals surface area (Å²) in [4.78, 5) is 40.3. The molecule has 29 heavy (non-hydrogen) atoms. The molecule has 1 atom stereocenters. The average Bonchev–Trinajstić information content (AvgIpc) is 2.68. The Morgan fingerprint density at radius 2 is 1.86 bits per heavy atom. The molecular formula is C22H25N3O4. The number of nitrogens with one attached hydrogen (secondary N) is 1. The van der Waals surface area contributed by atoms with E-state index in [1.54, 1.807) is 32.2 Å². The van der Waals surface area contributed by atoms with E-state index in [2.05, 4.69) is 5.32 Å². The van der Waals surface area contributed by atoms with E-state index < -0.39 is 6.10 Å². The first kappa shape index (κ1) is 20.4. The second-order valence-corrected chi connectivity index (χ2v) is 7.20. The fourth-order valence-corrected chi connectivity index (χ4v) is 3.16. The third kappa shape index (κ3) is 4.39. The number of ether oxygens (including phenoxy) is 1. The van der Waals surface area contributed by atoms with Crippen LogP contribution in [0.4, 0.5) is 11.4 Å². The van der Waals surface area contributed by atoms with E-state index in [0.29, 0.717) is 11.4 Å². The molecular weight excluding hydrogens is 370 g/mol. The highest BCUT2D eigenvalue weighted by Crippen LogP contribution is 2.33. The molecule has 2 aromatic carbocycles. The van der Waals surface area contributed by atoms with Gasteiger partial charge in [-0.05, 0) is 50.1 Å². The molecule has 7 nitrogen and oxygen atoms in total. The van der Waals surface area contributed by atoms with Crippen LogP contribution in [0.15, 0.2) is 42.5 Å². The third-order valence-electron chi connectivity index (χ3n) is 5.05. The van der Waals surface area contributed by atoms with Crippen LogP contribution >= 0.6 is 0 Å². The number of para-hydroxylation sites is 2. The van der Waals surface area contributed by atoms with Gasteiger partial charge in [0.2, 0.25) is 11.8 Å². The predicted octanol–water partition coefficient (Wildman–Crippen LogP) is 2.51. The molecule has 0 aliphatic carbocycles. The van der Waals surface area contributed by atoms with Crippen molar-refractivity contribution in [2.24, 2.45) is 0 Å². The summed E-state index contributed by atoms with van der Waals surface area (Å²) in [5, 5.41) is 2.84. The van der Waals surface area contributed by atoms with Gasteiger partial charge < -0.3 is 15.0 Å². The smallest absolute Gasteiger partial charge is 0.268 e. The minimum Gasteiger partial charge on any atom is -0.479 e. The molecule has 1 aliphatic heterocycles. The van der Waals surface area contributed by atoms with E-state index in [-0.39, 0.29) is 30.8 Å². The van der Waals surface area contributed by atoms with Gasteiger partial charge in [-0.1, -0.05) is 24.3 Å². The summed E-state index contributed by atoms with van der Waals surface area (Å²) < 4.78 is 5.59. The predicted molar refractivity (Wildman–Crippen MR) is 111 cm³/mol. The number of rotatable bonds is 5. The van der Waals surface area contributed by atoms with Crippen LogP contribution in [0.1, 0.15) is 18.1 Å². The molecule has 0 fully saturated rings. The fourth-order valence-electron chi connectivity index (χ4n) is 3.16. The standard InChI is InChI=1S/C22H25N3O4/c1-14-8-7-9-17(15(14)2)23-20(26)12-24(4)21(27)13-25-18-10-5-6-11-19(18)29-16(3)22(25)28/h5-11,16H,12-13H2,1-4H3,(H,23,26)/t16-/m0/s1. The van der Waals surface area contributed by atoms with Gasteiger partial charge in [0.15, 0.2) is 6.10 Å². The van der Waals surface area contributed by atoms with Crippen molar-refractivity contribution in [1.82, 2.24) is 4.90 Å². The summed E-state index contributed by atoms with van der Waals surface area (Å²) in [5.41, 5.74) is 3.34. The third-order valence-corrected chi connectivity index (χ3v) is 5.05. The lowest BCUT2D eigenvalue weighted by Crippen LogP contribution is -2.49. The lowest BCUT2D eigenvalue weighted by atomic mass is 10.1. The van der Waals surface area contributed by atoms with Gasteiger partial charge in [-0.3, -0.25) is 19.3 Å². The van der Waals surface area contributed by atoms with E-state index in [0.717, 1.165) is 16.8 Å². The van der Waals surface area contributed by atoms with Crippen molar-refractivity contribution in [3.05, 3.63) is 53.6 Å². The number of benzene rings is 2. The Bertz CT molecular complexity index is 957. The highest BCUT2D eigenvalue weighted by Gasteiger charge is 2.33. The first-order chi connectivity index (χ1) is 13.8. The van der Waals surface area contributed by atoms with Crippen LogP contribution in [0.5, 0.6) is 5.75 Å². The summed E-state index contributed by atoms with van der Waals surface area (Å²) in [5.74, 6) is -0.358. The van der Waals surface area contributed by atoms with Gasteiger partial charge >= 0.3 is 0 Å². The van der Waals surface area contributed by atoms with Crippen LogP contribution in [0.25, 0.3) is 0 Å². The zero-order valence-corrected chi connectivity index (χ0v) is 17.1. The van der Waals surface area contributed by atoms with Gasteiger partial charge in [-0.2, -0.15) is 0 Å². The van der Waals surface area contributed by atoms with Crippen molar-refractivity contribution < 1.29 is 19.1 Å². The largest absolute Gasteiger partial charge is 0.479 e. The molecule has 0 aromatic heterocycles. The Balaban J connectivity index is 1.65. The van der Waals surface area contributed by atoms with Crippen molar-refractivity contribution >= 4 is 29.1 Å². The minimum absolute atomic E-state index is 0.109. The summed E-state index contributed by atoms with van der Waals surface area (Å²) >= 11 is 0. The van der Waals surface area contributed by atoms with E-state index in [4.69, 9.17) is 4.74 Å². The summed E-state index contributed by atoms with van der Waals surface area (Å²) in [6.07, 6.45) is -0.671. The molecule has 2 aromatic rings. The number of likely N-dealkylation sites (N-methyl/N-ethyl adjacent to an activating group) is 1. The first-order valence-electron chi connectivity index (χ1n) is 9.45. The average molecular weight is 395 g/mol. The lowest BCUT2D eigenvalue weighted by Gasteiger charge is -2.33. The molecule has 0 bridgehead atoms. The lowest BCUT2D eigenvalue weighted by molar-refractivity contribution is -0.134. The molecule has 3 amide bonds. The van der Waals surface area contributed by atoms with Crippen LogP contribution in [0.3, 0.4) is 0 Å². The molecule has 0 saturated carbocycles. The molecule has 7 heteroatoms. The minimum atomic E-state index is -0.671. The molecule has 1 N–H and O–H groups in total. The van der Waals surface area contributed by atoms with Gasteiger partial charge in [0.05, 0.1) is 12.2 Å². The van der Waals surface area contributed by atoms with Crippen molar-refractivity contribution in [3.8, 4) is 5.75 Å². The van der Waals surface area contributed by atoms with Crippen LogP contribution in [0, 0.1) is 13.8 Å². The summed E-state index contributed by atoms with van der Waals surface area (Å²) in [6, 6.07) is 12.8. The molecule has 1 aliphatic rings. The van der Waals surface area contributed by atoms with Crippen LogP contribution in [-0.4, -0.2) is 48.9 Å². The van der Waals surface area contributed by atoms with Crippen molar-refractivity contribution in [2.45, 2.75) is 26.9 Å². The first-order valence-corrected chi connectivity index (χ1v) is 9.45. The van der Waals surface area contributed by atoms with E-state index in [1.807, 2.05) is 38.1 Å². The number of amides is 3. The maximum atomic E-state index is 12.7. The van der Waals surface area contributed by atoms with Gasteiger partial charge in [0, 0.05) is 12.7 Å². The highest BCUT2D eigenvalue weighted by atomic mass is 16.5. The maximum absolute atomic E-state index is 12.7. The van der Waals surface area contributed by atoms with Crippen LogP contribution in [0.2, 0.25) is 0 Å². The second kappa shape index (κ2) is 8.34. The normalized spacial score (nSPS) is 15.4. The van der Waals surface area contributed by atoms with E-state index >= 15 is 0 Å². The number of fused-ring (bicyclic) bond motifs is 1. The molecule has 0 saturated heterocycles. The van der Waals surface area contributed by atoms with Gasteiger partial charge in [-0.25, -0.2) is 0 Å². The Morgan fingerprint density at radius 3 is 2.62 bits per heavy atom. The topological polar surface area (TPSA) is 79.0 Å². The van der Waals surface area contributed by atoms with Crippen LogP contribution in [-0.2, 0) is 14.4 Å². The van der Waals surface area contributed by atoms with Crippen molar-refractivity contribution in [2.75, 3.05) is 30.4 Å². The Kier molecular flexibility index (Phi) is 5.87. The zero-order valence-electron chi connectivity index (χ0n) is 17.1. The number of carbonyl (C=O) groups excluding carboxylic acids is 3. The van der Waals surface area contributed by atoms with Crippen molar-refractivity contribution in [3.63, 3.8) is 0 Å². The van der Waals surface area contributed by atoms with Gasteiger partial charge in [0.1, 0.15) is 12.3 Å². The maximum Gasteiger partial charge on any atom is 0.268 e. The molecule has 0 spiro atoms. The molecule has 1 heterocycles. The van der Waals surface area contributed by atoms with Crippen molar-refractivity contribution in [1.29, 1.82) is 0 Å². The fraction of sp³-hybridized carbons (Fsp3) is 0.318. The number of aryl methyl sites for hydroxylation is 1. The summed E-state index contributed by atoms with van der Waals surface area (Å²) in [7, 11) is 1.55. The second-order valence-electron chi connectivity index (χ2n) is 7.20. The van der Waals surface area contributed by atoms with Gasteiger partial charge in [-0.15, -0.1) is 0 Å². The number of nitrogens with zero attached hydrogens (tertiary/aromatic N) is 2. The molecule has 152 valence electrons. The molecule has 0 radical (unpaired) electrons. The number of carbonyl (C=O) groups is 3. The zero-order chi connectivity index (χ0) is 21.1. The van der Waals surface area contributed by atoms with Crippen LogP contribution < -0.4 is 15.0 Å². The van der Waals surface area contributed by atoms with E-state index in [1.165, 1.54) is 9.80 Å². The number of hydrogen-bond donors (Lipinski definition) is 1. The number of hydrogen-bond acceptors (Lipinski definition) is 4. The monoisotopic (exact) mass is 395 g/mol. The highest BCUT2D eigenvalue weighted by molar-refractivity contribution is 6.04. The Labute approximate surface area is 170 Å². The summed E-state index contributed by atoms with van der Waals surface area (Å²) in [6.45, 7) is 5.29. The Hall–Kier alpha value is -3.35. The number of anilines is 2. The SMILES string of the molecule is Cc1cccc(NC(=O)CN(C)C(=O)CN2C(=O)[C@H](C)Oc3ccccc32)c1C. The Morgan fingerprint density at radius 1 is 1.14 bits per heavy atom.